The standard InChI is InChI=1S/C12H17N3O2/c1-2-17-12-5-3-4-10(15-12)13-8-9-6-7-11(16)14-9/h3-5,9H,2,6-8H2,1H3,(H,13,15)(H,14,16). The number of ether oxygens (including phenoxy) is 1. The zero-order chi connectivity index (χ0) is 12.1. The molecule has 1 aliphatic heterocycles. The number of carbonyl (C=O) groups excluding carboxylic acids is 1. The van der Waals surface area contributed by atoms with E-state index in [2.05, 4.69) is 15.6 Å². The maximum Gasteiger partial charge on any atom is 0.220 e. The predicted molar refractivity (Wildman–Crippen MR) is 65.1 cm³/mol. The molecule has 0 spiro atoms. The summed E-state index contributed by atoms with van der Waals surface area (Å²) in [5.74, 6) is 1.53. The summed E-state index contributed by atoms with van der Waals surface area (Å²) in [5.41, 5.74) is 0. The number of anilines is 1. The third kappa shape index (κ3) is 3.34. The van der Waals surface area contributed by atoms with Crippen LogP contribution in [0.1, 0.15) is 19.8 Å². The first-order valence-electron chi connectivity index (χ1n) is 5.91. The zero-order valence-electron chi connectivity index (χ0n) is 9.90. The molecule has 1 aromatic rings. The SMILES string of the molecule is CCOc1cccc(NCC2CCC(=O)N2)n1. The van der Waals surface area contributed by atoms with Gasteiger partial charge in [-0.05, 0) is 19.4 Å². The maximum atomic E-state index is 11.0. The van der Waals surface area contributed by atoms with Crippen LogP contribution in [0.4, 0.5) is 5.82 Å². The van der Waals surface area contributed by atoms with E-state index >= 15 is 0 Å². The van der Waals surface area contributed by atoms with Crippen molar-refractivity contribution >= 4 is 11.7 Å². The van der Waals surface area contributed by atoms with Crippen LogP contribution < -0.4 is 15.4 Å². The molecule has 0 bridgehead atoms. The summed E-state index contributed by atoms with van der Waals surface area (Å²) in [6.45, 7) is 3.24. The molecule has 5 nitrogen and oxygen atoms in total. The number of nitrogens with one attached hydrogen (secondary N) is 2. The van der Waals surface area contributed by atoms with Gasteiger partial charge in [-0.15, -0.1) is 0 Å². The van der Waals surface area contributed by atoms with E-state index in [1.54, 1.807) is 0 Å². The molecule has 1 aliphatic rings. The van der Waals surface area contributed by atoms with E-state index in [-0.39, 0.29) is 11.9 Å². The lowest BCUT2D eigenvalue weighted by Crippen LogP contribution is -2.31. The molecule has 1 amide bonds. The van der Waals surface area contributed by atoms with E-state index in [4.69, 9.17) is 4.74 Å². The number of hydrogen-bond donors (Lipinski definition) is 2. The second kappa shape index (κ2) is 5.52. The molecule has 2 heterocycles. The zero-order valence-corrected chi connectivity index (χ0v) is 9.90. The Balaban J connectivity index is 1.85. The molecule has 0 aromatic carbocycles. The predicted octanol–water partition coefficient (Wildman–Crippen LogP) is 1.17. The van der Waals surface area contributed by atoms with Gasteiger partial charge < -0.3 is 15.4 Å². The Labute approximate surface area is 101 Å². The number of aromatic nitrogens is 1. The number of rotatable bonds is 5. The van der Waals surface area contributed by atoms with Crippen LogP contribution >= 0.6 is 0 Å². The second-order valence-corrected chi connectivity index (χ2v) is 3.98. The summed E-state index contributed by atoms with van der Waals surface area (Å²) in [6, 6.07) is 5.82. The smallest absolute Gasteiger partial charge is 0.220 e. The summed E-state index contributed by atoms with van der Waals surface area (Å²) in [6.07, 6.45) is 1.51. The fourth-order valence-electron chi connectivity index (χ4n) is 1.80. The summed E-state index contributed by atoms with van der Waals surface area (Å²) < 4.78 is 5.31. The van der Waals surface area contributed by atoms with Gasteiger partial charge in [0.1, 0.15) is 5.82 Å². The Bertz CT molecular complexity index is 395. The molecule has 5 heteroatoms. The van der Waals surface area contributed by atoms with Gasteiger partial charge in [0.05, 0.1) is 6.61 Å². The van der Waals surface area contributed by atoms with E-state index < -0.39 is 0 Å². The van der Waals surface area contributed by atoms with Crippen LogP contribution in [0, 0.1) is 0 Å². The molecule has 92 valence electrons. The van der Waals surface area contributed by atoms with Crippen LogP contribution in [-0.2, 0) is 4.79 Å². The fraction of sp³-hybridized carbons (Fsp3) is 0.500. The van der Waals surface area contributed by atoms with Crippen molar-refractivity contribution in [2.24, 2.45) is 0 Å². The van der Waals surface area contributed by atoms with Crippen molar-refractivity contribution in [3.63, 3.8) is 0 Å². The number of amides is 1. The summed E-state index contributed by atoms with van der Waals surface area (Å²) >= 11 is 0. The molecule has 0 radical (unpaired) electrons. The second-order valence-electron chi connectivity index (χ2n) is 3.98. The van der Waals surface area contributed by atoms with Crippen LogP contribution in [0.3, 0.4) is 0 Å². The van der Waals surface area contributed by atoms with Crippen LogP contribution in [0.15, 0.2) is 18.2 Å². The molecule has 0 aliphatic carbocycles. The fourth-order valence-corrected chi connectivity index (χ4v) is 1.80. The van der Waals surface area contributed by atoms with E-state index in [0.717, 1.165) is 12.2 Å². The molecule has 1 aromatic heterocycles. The van der Waals surface area contributed by atoms with Gasteiger partial charge in [-0.3, -0.25) is 4.79 Å². The largest absolute Gasteiger partial charge is 0.478 e. The van der Waals surface area contributed by atoms with Crippen molar-refractivity contribution in [3.05, 3.63) is 18.2 Å². The van der Waals surface area contributed by atoms with Crippen molar-refractivity contribution < 1.29 is 9.53 Å². The average Bonchev–Trinajstić information content (AvgIpc) is 2.74. The molecule has 2 N–H and O–H groups in total. The number of carbonyl (C=O) groups is 1. The summed E-state index contributed by atoms with van der Waals surface area (Å²) in [5, 5.41) is 6.10. The first-order chi connectivity index (χ1) is 8.28. The maximum absolute atomic E-state index is 11.0. The van der Waals surface area contributed by atoms with Crippen molar-refractivity contribution in [1.29, 1.82) is 0 Å². The topological polar surface area (TPSA) is 63.2 Å². The highest BCUT2D eigenvalue weighted by Gasteiger charge is 2.20. The van der Waals surface area contributed by atoms with Gasteiger partial charge in [0.15, 0.2) is 0 Å². The van der Waals surface area contributed by atoms with Crippen molar-refractivity contribution in [1.82, 2.24) is 10.3 Å². The molecule has 0 saturated carbocycles. The molecular weight excluding hydrogens is 218 g/mol. The summed E-state index contributed by atoms with van der Waals surface area (Å²) in [7, 11) is 0. The quantitative estimate of drug-likeness (QED) is 0.804. The molecule has 17 heavy (non-hydrogen) atoms. The first kappa shape index (κ1) is 11.7. The van der Waals surface area contributed by atoms with Crippen molar-refractivity contribution in [2.45, 2.75) is 25.8 Å². The molecule has 1 unspecified atom stereocenters. The lowest BCUT2D eigenvalue weighted by molar-refractivity contribution is -0.119. The van der Waals surface area contributed by atoms with Crippen LogP contribution in [0.5, 0.6) is 5.88 Å². The molecular formula is C12H17N3O2. The lowest BCUT2D eigenvalue weighted by Gasteiger charge is -2.12. The minimum Gasteiger partial charge on any atom is -0.478 e. The Kier molecular flexibility index (Phi) is 3.80. The molecule has 1 atom stereocenters. The third-order valence-corrected chi connectivity index (χ3v) is 2.63. The first-order valence-corrected chi connectivity index (χ1v) is 5.91. The normalized spacial score (nSPS) is 18.9. The Morgan fingerprint density at radius 3 is 3.18 bits per heavy atom. The highest BCUT2D eigenvalue weighted by Crippen LogP contribution is 2.12. The van der Waals surface area contributed by atoms with Gasteiger partial charge in [-0.25, -0.2) is 0 Å². The highest BCUT2D eigenvalue weighted by molar-refractivity contribution is 5.78. The third-order valence-electron chi connectivity index (χ3n) is 2.63. The van der Waals surface area contributed by atoms with Crippen molar-refractivity contribution in [3.8, 4) is 5.88 Å². The number of hydrogen-bond acceptors (Lipinski definition) is 4. The Morgan fingerprint density at radius 2 is 2.47 bits per heavy atom. The van der Waals surface area contributed by atoms with E-state index in [1.807, 2.05) is 25.1 Å². The van der Waals surface area contributed by atoms with Gasteiger partial charge >= 0.3 is 0 Å². The number of pyridine rings is 1. The molecule has 1 fully saturated rings. The summed E-state index contributed by atoms with van der Waals surface area (Å²) in [4.78, 5) is 15.3. The Morgan fingerprint density at radius 1 is 1.59 bits per heavy atom. The minimum atomic E-state index is 0.132. The minimum absolute atomic E-state index is 0.132. The van der Waals surface area contributed by atoms with E-state index in [0.29, 0.717) is 25.5 Å². The van der Waals surface area contributed by atoms with Gasteiger partial charge in [-0.1, -0.05) is 6.07 Å². The van der Waals surface area contributed by atoms with Gasteiger partial charge in [0.25, 0.3) is 0 Å². The monoisotopic (exact) mass is 235 g/mol. The van der Waals surface area contributed by atoms with Crippen LogP contribution in [0.2, 0.25) is 0 Å². The van der Waals surface area contributed by atoms with Crippen LogP contribution in [0.25, 0.3) is 0 Å². The van der Waals surface area contributed by atoms with Crippen LogP contribution in [-0.4, -0.2) is 30.1 Å². The van der Waals surface area contributed by atoms with Gasteiger partial charge in [0, 0.05) is 25.1 Å². The number of nitrogens with zero attached hydrogens (tertiary/aromatic N) is 1. The molecule has 2 rings (SSSR count). The van der Waals surface area contributed by atoms with E-state index in [1.165, 1.54) is 0 Å². The highest BCUT2D eigenvalue weighted by atomic mass is 16.5. The average molecular weight is 235 g/mol. The van der Waals surface area contributed by atoms with Crippen molar-refractivity contribution in [2.75, 3.05) is 18.5 Å². The Hall–Kier alpha value is -1.78. The van der Waals surface area contributed by atoms with E-state index in [9.17, 15) is 4.79 Å². The van der Waals surface area contributed by atoms with Gasteiger partial charge in [-0.2, -0.15) is 4.98 Å². The molecule has 1 saturated heterocycles. The lowest BCUT2D eigenvalue weighted by atomic mass is 10.2. The van der Waals surface area contributed by atoms with Gasteiger partial charge in [0.2, 0.25) is 11.8 Å².